The molecule has 0 radical (unpaired) electrons. The molecule has 2 N–H and O–H groups in total. The van der Waals surface area contributed by atoms with Crippen molar-refractivity contribution in [3.05, 3.63) is 48.0 Å². The number of carbonyl (C=O) groups is 2. The Morgan fingerprint density at radius 1 is 1.13 bits per heavy atom. The van der Waals surface area contributed by atoms with Crippen LogP contribution in [0.3, 0.4) is 0 Å². The second-order valence-electron chi connectivity index (χ2n) is 4.98. The molecule has 1 aromatic heterocycles. The maximum Gasteiger partial charge on any atom is 0.243 e. The molecule has 0 fully saturated rings. The summed E-state index contributed by atoms with van der Waals surface area (Å²) < 4.78 is 8.32. The van der Waals surface area contributed by atoms with Crippen molar-refractivity contribution in [2.24, 2.45) is 0 Å². The molecule has 0 bridgehead atoms. The summed E-state index contributed by atoms with van der Waals surface area (Å²) in [6, 6.07) is 12.5. The van der Waals surface area contributed by atoms with Crippen molar-refractivity contribution in [1.82, 2.24) is 8.75 Å². The van der Waals surface area contributed by atoms with Crippen LogP contribution in [-0.2, 0) is 4.79 Å². The number of rotatable bonds is 5. The Morgan fingerprint density at radius 3 is 2.78 bits per heavy atom. The smallest absolute Gasteiger partial charge is 0.243 e. The van der Waals surface area contributed by atoms with Gasteiger partial charge >= 0.3 is 0 Å². The predicted molar refractivity (Wildman–Crippen MR) is 91.0 cm³/mol. The van der Waals surface area contributed by atoms with Crippen molar-refractivity contribution >= 4 is 45.8 Å². The van der Waals surface area contributed by atoms with E-state index in [2.05, 4.69) is 19.4 Å². The molecule has 116 valence electrons. The van der Waals surface area contributed by atoms with Crippen molar-refractivity contribution in [3.8, 4) is 0 Å². The van der Waals surface area contributed by atoms with Crippen LogP contribution in [0.2, 0.25) is 0 Å². The molecule has 3 rings (SSSR count). The summed E-state index contributed by atoms with van der Waals surface area (Å²) in [5.74, 6) is -0.209. The summed E-state index contributed by atoms with van der Waals surface area (Å²) in [7, 11) is 0. The number of ketones is 1. The summed E-state index contributed by atoms with van der Waals surface area (Å²) in [5.41, 5.74) is 3.41. The van der Waals surface area contributed by atoms with Gasteiger partial charge in [-0.2, -0.15) is 8.75 Å². The second-order valence-corrected chi connectivity index (χ2v) is 5.50. The number of hydrogen-bond acceptors (Lipinski definition) is 6. The van der Waals surface area contributed by atoms with E-state index in [1.165, 1.54) is 6.92 Å². The molecule has 3 aromatic rings. The quantitative estimate of drug-likeness (QED) is 0.704. The van der Waals surface area contributed by atoms with Crippen molar-refractivity contribution in [2.75, 3.05) is 17.2 Å². The van der Waals surface area contributed by atoms with Gasteiger partial charge in [-0.15, -0.1) is 0 Å². The number of amides is 1. The van der Waals surface area contributed by atoms with Gasteiger partial charge < -0.3 is 10.6 Å². The number of fused-ring (bicyclic) bond motifs is 1. The summed E-state index contributed by atoms with van der Waals surface area (Å²) in [4.78, 5) is 23.4. The fourth-order valence-electron chi connectivity index (χ4n) is 2.13. The maximum atomic E-state index is 12.1. The van der Waals surface area contributed by atoms with Crippen LogP contribution in [0.4, 0.5) is 11.4 Å². The first-order chi connectivity index (χ1) is 11.1. The molecule has 1 heterocycles. The lowest BCUT2D eigenvalue weighted by atomic mass is 10.1. The highest BCUT2D eigenvalue weighted by atomic mass is 32.1. The van der Waals surface area contributed by atoms with Crippen LogP contribution in [0.15, 0.2) is 42.5 Å². The zero-order chi connectivity index (χ0) is 16.2. The molecular formula is C16H14N4O2S. The van der Waals surface area contributed by atoms with E-state index < -0.39 is 0 Å². The number of Topliss-reactive ketones (excluding diaryl/α,β-unsaturated/α-hetero) is 1. The molecule has 7 heteroatoms. The van der Waals surface area contributed by atoms with Gasteiger partial charge in [-0.05, 0) is 31.2 Å². The van der Waals surface area contributed by atoms with Crippen LogP contribution < -0.4 is 10.6 Å². The average Bonchev–Trinajstić information content (AvgIpc) is 3.03. The Labute approximate surface area is 136 Å². The monoisotopic (exact) mass is 326 g/mol. The summed E-state index contributed by atoms with van der Waals surface area (Å²) in [5, 5.41) is 5.82. The molecule has 23 heavy (non-hydrogen) atoms. The number of carbonyl (C=O) groups excluding carboxylic acids is 2. The first-order valence-corrected chi connectivity index (χ1v) is 7.72. The minimum Gasteiger partial charge on any atom is -0.376 e. The van der Waals surface area contributed by atoms with E-state index in [1.54, 1.807) is 24.3 Å². The van der Waals surface area contributed by atoms with Gasteiger partial charge in [0.1, 0.15) is 11.0 Å². The minimum absolute atomic E-state index is 0.0131. The fourth-order valence-corrected chi connectivity index (χ4v) is 2.68. The summed E-state index contributed by atoms with van der Waals surface area (Å²) in [6.07, 6.45) is 0. The normalized spacial score (nSPS) is 10.5. The van der Waals surface area contributed by atoms with Gasteiger partial charge in [-0.1, -0.05) is 18.2 Å². The zero-order valence-electron chi connectivity index (χ0n) is 12.4. The molecule has 0 atom stereocenters. The van der Waals surface area contributed by atoms with Crippen molar-refractivity contribution in [1.29, 1.82) is 0 Å². The third kappa shape index (κ3) is 3.51. The third-order valence-electron chi connectivity index (χ3n) is 3.28. The number of benzene rings is 2. The molecule has 0 saturated carbocycles. The van der Waals surface area contributed by atoms with Gasteiger partial charge in [0, 0.05) is 11.3 Å². The predicted octanol–water partition coefficient (Wildman–Crippen LogP) is 2.94. The van der Waals surface area contributed by atoms with Crippen molar-refractivity contribution in [3.63, 3.8) is 0 Å². The van der Waals surface area contributed by atoms with Crippen LogP contribution in [0, 0.1) is 0 Å². The molecule has 6 nitrogen and oxygen atoms in total. The van der Waals surface area contributed by atoms with E-state index in [-0.39, 0.29) is 18.2 Å². The van der Waals surface area contributed by atoms with Gasteiger partial charge in [0.25, 0.3) is 0 Å². The Morgan fingerprint density at radius 2 is 1.96 bits per heavy atom. The van der Waals surface area contributed by atoms with Gasteiger partial charge in [-0.25, -0.2) is 0 Å². The molecule has 0 aliphatic rings. The standard InChI is InChI=1S/C16H14N4O2S/c1-10(21)11-4-2-5-12(8-11)17-9-15(22)18-13-6-3-7-14-16(13)20-23-19-14/h2-8,17H,9H2,1H3,(H,18,22). The largest absolute Gasteiger partial charge is 0.376 e. The van der Waals surface area contributed by atoms with E-state index in [4.69, 9.17) is 0 Å². The molecule has 0 spiro atoms. The van der Waals surface area contributed by atoms with E-state index in [0.29, 0.717) is 16.8 Å². The van der Waals surface area contributed by atoms with Gasteiger partial charge in [0.2, 0.25) is 5.91 Å². The number of nitrogens with one attached hydrogen (secondary N) is 2. The van der Waals surface area contributed by atoms with E-state index in [1.807, 2.05) is 18.2 Å². The number of aromatic nitrogens is 2. The average molecular weight is 326 g/mol. The number of nitrogens with zero attached hydrogens (tertiary/aromatic N) is 2. The Kier molecular flexibility index (Phi) is 4.29. The molecule has 0 aliphatic heterocycles. The van der Waals surface area contributed by atoms with Crippen molar-refractivity contribution in [2.45, 2.75) is 6.92 Å². The van der Waals surface area contributed by atoms with Crippen LogP contribution in [0.25, 0.3) is 11.0 Å². The number of hydrogen-bond donors (Lipinski definition) is 2. The lowest BCUT2D eigenvalue weighted by molar-refractivity contribution is -0.114. The Balaban J connectivity index is 1.65. The molecule has 2 aromatic carbocycles. The highest BCUT2D eigenvalue weighted by Gasteiger charge is 2.08. The van der Waals surface area contributed by atoms with Crippen LogP contribution in [0.1, 0.15) is 17.3 Å². The zero-order valence-corrected chi connectivity index (χ0v) is 13.2. The third-order valence-corrected chi connectivity index (χ3v) is 3.82. The topological polar surface area (TPSA) is 84.0 Å². The van der Waals surface area contributed by atoms with Gasteiger partial charge in [0.15, 0.2) is 5.78 Å². The van der Waals surface area contributed by atoms with Gasteiger partial charge in [0.05, 0.1) is 24.0 Å². The lowest BCUT2D eigenvalue weighted by Gasteiger charge is -2.08. The van der Waals surface area contributed by atoms with Gasteiger partial charge in [-0.3, -0.25) is 9.59 Å². The fraction of sp³-hybridized carbons (Fsp3) is 0.125. The van der Waals surface area contributed by atoms with Crippen LogP contribution in [-0.4, -0.2) is 27.0 Å². The molecular weight excluding hydrogens is 312 g/mol. The first kappa shape index (κ1) is 15.1. The van der Waals surface area contributed by atoms with Crippen molar-refractivity contribution < 1.29 is 9.59 Å². The van der Waals surface area contributed by atoms with Crippen LogP contribution >= 0.6 is 11.7 Å². The molecule has 1 amide bonds. The second kappa shape index (κ2) is 6.53. The van der Waals surface area contributed by atoms with E-state index >= 15 is 0 Å². The molecule has 0 aliphatic carbocycles. The Hall–Kier alpha value is -2.80. The molecule has 0 unspecified atom stereocenters. The van der Waals surface area contributed by atoms with E-state index in [0.717, 1.165) is 22.9 Å². The summed E-state index contributed by atoms with van der Waals surface area (Å²) in [6.45, 7) is 1.60. The highest BCUT2D eigenvalue weighted by molar-refractivity contribution is 7.00. The SMILES string of the molecule is CC(=O)c1cccc(NCC(=O)Nc2cccc3nsnc23)c1. The maximum absolute atomic E-state index is 12.1. The van der Waals surface area contributed by atoms with Crippen LogP contribution in [0.5, 0.6) is 0 Å². The number of anilines is 2. The Bertz CT molecular complexity index is 875. The lowest BCUT2D eigenvalue weighted by Crippen LogP contribution is -2.22. The first-order valence-electron chi connectivity index (χ1n) is 6.99. The minimum atomic E-state index is -0.196. The highest BCUT2D eigenvalue weighted by Crippen LogP contribution is 2.21. The molecule has 0 saturated heterocycles. The summed E-state index contributed by atoms with van der Waals surface area (Å²) >= 11 is 1.11. The van der Waals surface area contributed by atoms with E-state index in [9.17, 15) is 9.59 Å².